The van der Waals surface area contributed by atoms with Crippen LogP contribution < -0.4 is 17.0 Å². The lowest BCUT2D eigenvalue weighted by Gasteiger charge is -2.22. The number of aromatic amines is 1. The molecule has 0 spiro atoms. The number of hydrogen-bond donors (Lipinski definition) is 5. The van der Waals surface area contributed by atoms with Gasteiger partial charge in [0, 0.05) is 12.8 Å². The number of fused-ring (bicyclic) bond motifs is 1. The maximum atomic E-state index is 12.1. The number of aryl methyl sites for hydroxylation is 1. The maximum absolute atomic E-state index is 12.1. The average Bonchev–Trinajstić information content (AvgIpc) is 3.54. The van der Waals surface area contributed by atoms with Crippen LogP contribution in [0.3, 0.4) is 0 Å². The molecule has 5 heterocycles. The molecule has 0 aliphatic carbocycles. The van der Waals surface area contributed by atoms with E-state index in [-0.39, 0.29) is 30.9 Å². The molecule has 2 fully saturated rings. The molecule has 2 saturated heterocycles. The van der Waals surface area contributed by atoms with Crippen LogP contribution in [0.25, 0.3) is 11.2 Å². The molecule has 6 N–H and O–H groups in total. The molecule has 0 bridgehead atoms. The minimum Gasteiger partial charge on any atom is -0.394 e. The van der Waals surface area contributed by atoms with Gasteiger partial charge in [-0.05, 0) is 6.92 Å². The summed E-state index contributed by atoms with van der Waals surface area (Å²) >= 11 is 0. The molecule has 5 rings (SSSR count). The van der Waals surface area contributed by atoms with Crippen LogP contribution >= 0.6 is 7.82 Å². The Morgan fingerprint density at radius 1 is 1.18 bits per heavy atom. The smallest absolute Gasteiger partial charge is 0.394 e. The predicted molar refractivity (Wildman–Crippen MR) is 129 cm³/mol. The van der Waals surface area contributed by atoms with Crippen molar-refractivity contribution in [2.45, 2.75) is 56.6 Å². The monoisotopic (exact) mass is 551 g/mol. The third-order valence-electron chi connectivity index (χ3n) is 6.19. The summed E-state index contributed by atoms with van der Waals surface area (Å²) in [6.07, 6.45) is -2.67. The minimum absolute atomic E-state index is 0.0190. The first-order chi connectivity index (χ1) is 18.0. The number of hydrogen-bond acceptors (Lipinski definition) is 14. The number of imidazole rings is 1. The van der Waals surface area contributed by atoms with Gasteiger partial charge in [0.2, 0.25) is 5.95 Å². The third kappa shape index (κ3) is 5.34. The zero-order valence-electron chi connectivity index (χ0n) is 20.0. The van der Waals surface area contributed by atoms with Crippen LogP contribution in [0.2, 0.25) is 0 Å². The zero-order chi connectivity index (χ0) is 27.2. The van der Waals surface area contributed by atoms with Crippen molar-refractivity contribution >= 4 is 32.5 Å². The molecular formula is C19H25BN8O9P+. The van der Waals surface area contributed by atoms with Crippen LogP contribution in [-0.4, -0.2) is 94.4 Å². The van der Waals surface area contributed by atoms with Crippen LogP contribution in [0.4, 0.5) is 5.95 Å². The number of aliphatic hydroxyl groups is 2. The van der Waals surface area contributed by atoms with Gasteiger partial charge in [-0.3, -0.25) is 13.9 Å². The second-order valence-corrected chi connectivity index (χ2v) is 10.5. The van der Waals surface area contributed by atoms with Crippen molar-refractivity contribution in [3.05, 3.63) is 39.3 Å². The molecule has 0 aromatic carbocycles. The van der Waals surface area contributed by atoms with Crippen molar-refractivity contribution < 1.29 is 33.6 Å². The summed E-state index contributed by atoms with van der Waals surface area (Å²) in [5.74, 6) is 0.192. The second-order valence-electron chi connectivity index (χ2n) is 8.86. The molecule has 2 radical (unpaired) electrons. The Morgan fingerprint density at radius 2 is 1.89 bits per heavy atom. The molecule has 2 aliphatic heterocycles. The van der Waals surface area contributed by atoms with Crippen LogP contribution in [0, 0.1) is 6.92 Å². The van der Waals surface area contributed by atoms with E-state index in [1.807, 2.05) is 0 Å². The highest BCUT2D eigenvalue weighted by molar-refractivity contribution is 7.85. The predicted octanol–water partition coefficient (Wildman–Crippen LogP) is -2.17. The van der Waals surface area contributed by atoms with Gasteiger partial charge < -0.3 is 30.4 Å². The van der Waals surface area contributed by atoms with E-state index in [2.05, 4.69) is 24.9 Å². The number of ether oxygens (including phenoxy) is 2. The van der Waals surface area contributed by atoms with Gasteiger partial charge in [0.1, 0.15) is 49.5 Å². The number of H-pyrrole nitrogens is 1. The van der Waals surface area contributed by atoms with Crippen LogP contribution in [0.5, 0.6) is 0 Å². The summed E-state index contributed by atoms with van der Waals surface area (Å²) in [6, 6.07) is 0. The van der Waals surface area contributed by atoms with Crippen molar-refractivity contribution in [1.29, 1.82) is 0 Å². The van der Waals surface area contributed by atoms with Crippen molar-refractivity contribution in [2.75, 3.05) is 18.9 Å². The van der Waals surface area contributed by atoms with E-state index in [1.165, 1.54) is 10.9 Å². The number of anilines is 1. The Kier molecular flexibility index (Phi) is 7.32. The number of nitrogens with one attached hydrogen (secondary N) is 1. The molecule has 0 amide bonds. The number of aromatic nitrogens is 7. The van der Waals surface area contributed by atoms with Gasteiger partial charge in [0.05, 0.1) is 19.0 Å². The Balaban J connectivity index is 1.21. The van der Waals surface area contributed by atoms with Gasteiger partial charge in [-0.2, -0.15) is 14.0 Å². The van der Waals surface area contributed by atoms with Crippen LogP contribution in [-0.2, 0) is 18.5 Å². The van der Waals surface area contributed by atoms with Gasteiger partial charge in [-0.25, -0.2) is 24.6 Å². The fourth-order valence-corrected chi connectivity index (χ4v) is 5.42. The second kappa shape index (κ2) is 10.4. The van der Waals surface area contributed by atoms with E-state index >= 15 is 0 Å². The highest BCUT2D eigenvalue weighted by Gasteiger charge is 2.48. The summed E-state index contributed by atoms with van der Waals surface area (Å²) < 4.78 is 25.1. The summed E-state index contributed by atoms with van der Waals surface area (Å²) in [4.78, 5) is 53.1. The van der Waals surface area contributed by atoms with Gasteiger partial charge in [-0.15, -0.1) is 0 Å². The standard InChI is InChI=1S/C19H25BN8O9P/c1-8-24-16-15(17(31)25-8)22-6-27(16)13-2-9(30)12(36-13)5-34-38(20,33)37-10-3-14(35-11(10)4-29)28-7-23-18(21)26-19(28)32/h6-7,9-14,29-30,33H,2-5H2,1H3,(H2,21,26,32)(H,24,25,31)/q+1/t9?,10?,11-,12-,13-,14-,38?/m1/s1. The molecule has 2 aliphatic rings. The van der Waals surface area contributed by atoms with E-state index in [0.717, 1.165) is 10.9 Å². The number of nitrogens with zero attached hydrogens (tertiary/aromatic N) is 6. The SMILES string of the molecule is [B][P+](O)(OC[C@H]1O[C@@H](n2cnc3c(=O)[nH]c(C)nc32)CC1O)OC1C[C@H](n2cnc(N)nc2=O)O[C@@H]1CO. The molecule has 17 nitrogen and oxygen atoms in total. The molecular weight excluding hydrogens is 526 g/mol. The average molecular weight is 551 g/mol. The van der Waals surface area contributed by atoms with Crippen LogP contribution in [0.15, 0.2) is 22.2 Å². The van der Waals surface area contributed by atoms with Gasteiger partial charge in [-0.1, -0.05) is 0 Å². The molecule has 202 valence electrons. The van der Waals surface area contributed by atoms with Crippen molar-refractivity contribution in [1.82, 2.24) is 34.1 Å². The Labute approximate surface area is 215 Å². The summed E-state index contributed by atoms with van der Waals surface area (Å²) in [6.45, 7) is 0.809. The van der Waals surface area contributed by atoms with E-state index in [1.54, 1.807) is 6.92 Å². The van der Waals surface area contributed by atoms with Crippen molar-refractivity contribution in [3.8, 4) is 0 Å². The molecule has 7 atom stereocenters. The Bertz CT molecular complexity index is 1430. The topological polar surface area (TPSA) is 235 Å². The molecule has 3 unspecified atom stereocenters. The fourth-order valence-electron chi connectivity index (χ4n) is 4.39. The molecule has 3 aromatic heterocycles. The Hall–Kier alpha value is -2.83. The fraction of sp³-hybridized carbons (Fsp3) is 0.579. The van der Waals surface area contributed by atoms with Crippen molar-refractivity contribution in [3.63, 3.8) is 0 Å². The van der Waals surface area contributed by atoms with E-state index < -0.39 is 62.5 Å². The van der Waals surface area contributed by atoms with Gasteiger partial charge >= 0.3 is 21.1 Å². The summed E-state index contributed by atoms with van der Waals surface area (Å²) in [7, 11) is 1.89. The lowest BCUT2D eigenvalue weighted by molar-refractivity contribution is -0.0527. The van der Waals surface area contributed by atoms with Gasteiger partial charge in [0.25, 0.3) is 5.56 Å². The minimum atomic E-state index is -3.99. The largest absolute Gasteiger partial charge is 0.488 e. The molecule has 38 heavy (non-hydrogen) atoms. The highest BCUT2D eigenvalue weighted by atomic mass is 31.2. The normalized spacial score (nSPS) is 29.2. The van der Waals surface area contributed by atoms with Crippen LogP contribution in [0.1, 0.15) is 31.1 Å². The first-order valence-electron chi connectivity index (χ1n) is 11.5. The number of nitrogens with two attached hydrogens (primary N) is 1. The lowest BCUT2D eigenvalue weighted by atomic mass is 10.2. The molecule has 0 saturated carbocycles. The number of aliphatic hydroxyl groups excluding tert-OH is 2. The number of rotatable bonds is 8. The first-order valence-corrected chi connectivity index (χ1v) is 13.2. The van der Waals surface area contributed by atoms with E-state index in [4.69, 9.17) is 31.8 Å². The number of nitrogen functional groups attached to an aromatic ring is 1. The molecule has 19 heteroatoms. The molecule has 3 aromatic rings. The van der Waals surface area contributed by atoms with Crippen molar-refractivity contribution in [2.24, 2.45) is 0 Å². The summed E-state index contributed by atoms with van der Waals surface area (Å²) in [5, 5.41) is 20.2. The summed E-state index contributed by atoms with van der Waals surface area (Å²) in [5.41, 5.74) is 4.73. The third-order valence-corrected chi connectivity index (χ3v) is 7.28. The van der Waals surface area contributed by atoms with Gasteiger partial charge in [0.15, 0.2) is 11.2 Å². The van der Waals surface area contributed by atoms with E-state index in [9.17, 15) is 24.7 Å². The quantitative estimate of drug-likeness (QED) is 0.148. The first kappa shape index (κ1) is 26.8. The Morgan fingerprint density at radius 3 is 2.63 bits per heavy atom. The lowest BCUT2D eigenvalue weighted by Crippen LogP contribution is -2.30. The maximum Gasteiger partial charge on any atom is 0.488 e. The van der Waals surface area contributed by atoms with E-state index in [0.29, 0.717) is 11.5 Å². The zero-order valence-corrected chi connectivity index (χ0v) is 20.9. The highest BCUT2D eigenvalue weighted by Crippen LogP contribution is 2.55.